The second kappa shape index (κ2) is 7.18. The molecule has 0 saturated heterocycles. The first kappa shape index (κ1) is 18.3. The molecule has 0 atom stereocenters. The van der Waals surface area contributed by atoms with E-state index >= 15 is 0 Å². The third kappa shape index (κ3) is 3.19. The molecule has 142 valence electrons. The van der Waals surface area contributed by atoms with Gasteiger partial charge in [-0.1, -0.05) is 17.7 Å². The van der Waals surface area contributed by atoms with Crippen molar-refractivity contribution in [2.24, 2.45) is 0 Å². The Labute approximate surface area is 163 Å². The van der Waals surface area contributed by atoms with Crippen LogP contribution in [0.2, 0.25) is 5.02 Å². The third-order valence-electron chi connectivity index (χ3n) is 4.49. The summed E-state index contributed by atoms with van der Waals surface area (Å²) in [6.45, 7) is -0.275. The molecule has 0 amide bonds. The van der Waals surface area contributed by atoms with Gasteiger partial charge in [0.25, 0.3) is 5.56 Å². The molecule has 0 aliphatic rings. The zero-order valence-corrected chi connectivity index (χ0v) is 15.2. The van der Waals surface area contributed by atoms with E-state index in [2.05, 4.69) is 5.10 Å². The molecule has 0 unspecified atom stereocenters. The van der Waals surface area contributed by atoms with Gasteiger partial charge in [0.2, 0.25) is 0 Å². The molecule has 0 radical (unpaired) electrons. The van der Waals surface area contributed by atoms with E-state index in [1.165, 1.54) is 57.7 Å². The van der Waals surface area contributed by atoms with Crippen LogP contribution in [-0.4, -0.2) is 19.3 Å². The van der Waals surface area contributed by atoms with Crippen LogP contribution in [0.4, 0.5) is 8.78 Å². The fraction of sp³-hybridized carbons (Fsp3) is 0.100. The van der Waals surface area contributed by atoms with Crippen LogP contribution in [-0.2, 0) is 13.2 Å². The van der Waals surface area contributed by atoms with Crippen molar-refractivity contribution in [3.63, 3.8) is 0 Å². The molecule has 0 aliphatic carbocycles. The summed E-state index contributed by atoms with van der Waals surface area (Å²) in [7, 11) is 0. The van der Waals surface area contributed by atoms with E-state index in [0.717, 1.165) is 0 Å². The summed E-state index contributed by atoms with van der Waals surface area (Å²) < 4.78 is 29.2. The van der Waals surface area contributed by atoms with Gasteiger partial charge in [-0.3, -0.25) is 4.79 Å². The number of hydrogen-bond donors (Lipinski definition) is 1. The number of aromatic nitrogens is 3. The molecule has 2 heterocycles. The first-order valence-electron chi connectivity index (χ1n) is 8.39. The predicted molar refractivity (Wildman–Crippen MR) is 101 cm³/mol. The molecular formula is C20H14ClF2N3O2. The number of hydrogen-bond acceptors (Lipinski definition) is 3. The monoisotopic (exact) mass is 401 g/mol. The van der Waals surface area contributed by atoms with E-state index in [0.29, 0.717) is 22.4 Å². The standard InChI is InChI=1S/C20H14ClF2N3O2/c21-17-9-15(23)6-3-13(17)10-25-7-8-26-19(20(25)28)16(11-27)18(24-26)12-1-4-14(22)5-2-12/h1-9,27H,10-11H2. The maximum absolute atomic E-state index is 13.2. The summed E-state index contributed by atoms with van der Waals surface area (Å²) in [6, 6.07) is 9.62. The number of aliphatic hydroxyl groups is 1. The second-order valence-electron chi connectivity index (χ2n) is 6.25. The Morgan fingerprint density at radius 1 is 1.04 bits per heavy atom. The quantitative estimate of drug-likeness (QED) is 0.568. The summed E-state index contributed by atoms with van der Waals surface area (Å²) in [5.41, 5.74) is 1.74. The van der Waals surface area contributed by atoms with Crippen molar-refractivity contribution in [3.05, 3.63) is 93.0 Å². The number of rotatable bonds is 4. The van der Waals surface area contributed by atoms with E-state index in [-0.39, 0.29) is 22.6 Å². The van der Waals surface area contributed by atoms with Crippen molar-refractivity contribution in [3.8, 4) is 11.3 Å². The molecule has 5 nitrogen and oxygen atoms in total. The molecule has 0 bridgehead atoms. The first-order chi connectivity index (χ1) is 13.5. The molecule has 1 N–H and O–H groups in total. The molecule has 0 saturated carbocycles. The Kier molecular flexibility index (Phi) is 4.70. The first-order valence-corrected chi connectivity index (χ1v) is 8.77. The number of benzene rings is 2. The van der Waals surface area contributed by atoms with Crippen LogP contribution < -0.4 is 5.56 Å². The van der Waals surface area contributed by atoms with E-state index in [4.69, 9.17) is 11.6 Å². The normalized spacial score (nSPS) is 11.3. The smallest absolute Gasteiger partial charge is 0.277 e. The highest BCUT2D eigenvalue weighted by Gasteiger charge is 2.18. The lowest BCUT2D eigenvalue weighted by atomic mass is 10.1. The van der Waals surface area contributed by atoms with Gasteiger partial charge in [-0.15, -0.1) is 0 Å². The average molecular weight is 402 g/mol. The summed E-state index contributed by atoms with van der Waals surface area (Å²) in [6.07, 6.45) is 3.12. The van der Waals surface area contributed by atoms with Crippen molar-refractivity contribution in [2.75, 3.05) is 0 Å². The van der Waals surface area contributed by atoms with Crippen LogP contribution in [0.1, 0.15) is 11.1 Å². The largest absolute Gasteiger partial charge is 0.392 e. The van der Waals surface area contributed by atoms with Gasteiger partial charge in [0.1, 0.15) is 17.2 Å². The molecule has 0 aliphatic heterocycles. The highest BCUT2D eigenvalue weighted by molar-refractivity contribution is 6.31. The van der Waals surface area contributed by atoms with Crippen LogP contribution >= 0.6 is 11.6 Å². The minimum Gasteiger partial charge on any atom is -0.392 e. The lowest BCUT2D eigenvalue weighted by molar-refractivity contribution is 0.283. The van der Waals surface area contributed by atoms with Crippen molar-refractivity contribution in [1.82, 2.24) is 14.2 Å². The molecule has 28 heavy (non-hydrogen) atoms. The Hall–Kier alpha value is -3.03. The van der Waals surface area contributed by atoms with Gasteiger partial charge < -0.3 is 9.67 Å². The Morgan fingerprint density at radius 3 is 2.43 bits per heavy atom. The van der Waals surface area contributed by atoms with E-state index in [9.17, 15) is 18.7 Å². The Bertz CT molecular complexity index is 1230. The third-order valence-corrected chi connectivity index (χ3v) is 4.84. The summed E-state index contributed by atoms with van der Waals surface area (Å²) >= 11 is 6.06. The van der Waals surface area contributed by atoms with Gasteiger partial charge >= 0.3 is 0 Å². The van der Waals surface area contributed by atoms with Crippen LogP contribution in [0.3, 0.4) is 0 Å². The number of nitrogens with zero attached hydrogens (tertiary/aromatic N) is 3. The number of halogens is 3. The van der Waals surface area contributed by atoms with Gasteiger partial charge in [0, 0.05) is 28.5 Å². The zero-order valence-electron chi connectivity index (χ0n) is 14.4. The van der Waals surface area contributed by atoms with Crippen LogP contribution in [0.25, 0.3) is 16.8 Å². The van der Waals surface area contributed by atoms with Gasteiger partial charge in [0.15, 0.2) is 0 Å². The Morgan fingerprint density at radius 2 is 1.75 bits per heavy atom. The van der Waals surface area contributed by atoms with Crippen molar-refractivity contribution >= 4 is 17.1 Å². The van der Waals surface area contributed by atoms with Crippen LogP contribution in [0.15, 0.2) is 59.7 Å². The predicted octanol–water partition coefficient (Wildman–Crippen LogP) is 3.64. The highest BCUT2D eigenvalue weighted by atomic mass is 35.5. The highest BCUT2D eigenvalue weighted by Crippen LogP contribution is 2.25. The van der Waals surface area contributed by atoms with E-state index in [1.807, 2.05) is 0 Å². The summed E-state index contributed by atoms with van der Waals surface area (Å²) in [5, 5.41) is 14.4. The molecule has 2 aromatic heterocycles. The molecule has 2 aromatic carbocycles. The van der Waals surface area contributed by atoms with E-state index in [1.54, 1.807) is 6.20 Å². The van der Waals surface area contributed by atoms with Gasteiger partial charge in [-0.2, -0.15) is 5.10 Å². The Balaban J connectivity index is 1.84. The SMILES string of the molecule is O=c1c2c(CO)c(-c3ccc(F)cc3)nn2ccn1Cc1ccc(F)cc1Cl. The molecule has 0 spiro atoms. The van der Waals surface area contributed by atoms with Crippen molar-refractivity contribution < 1.29 is 13.9 Å². The van der Waals surface area contributed by atoms with Gasteiger partial charge in [-0.25, -0.2) is 13.3 Å². The topological polar surface area (TPSA) is 59.5 Å². The molecule has 0 fully saturated rings. The van der Waals surface area contributed by atoms with Gasteiger partial charge in [-0.05, 0) is 42.0 Å². The lowest BCUT2D eigenvalue weighted by Crippen LogP contribution is -2.22. The van der Waals surface area contributed by atoms with Crippen LogP contribution in [0.5, 0.6) is 0 Å². The summed E-state index contributed by atoms with van der Waals surface area (Å²) in [5.74, 6) is -0.851. The maximum Gasteiger partial charge on any atom is 0.277 e. The number of aliphatic hydroxyl groups excluding tert-OH is 1. The summed E-state index contributed by atoms with van der Waals surface area (Å²) in [4.78, 5) is 13.0. The molecular weight excluding hydrogens is 388 g/mol. The lowest BCUT2D eigenvalue weighted by Gasteiger charge is -2.08. The molecule has 4 rings (SSSR count). The van der Waals surface area contributed by atoms with Crippen LogP contribution in [0, 0.1) is 11.6 Å². The maximum atomic E-state index is 13.2. The fourth-order valence-corrected chi connectivity index (χ4v) is 3.33. The fourth-order valence-electron chi connectivity index (χ4n) is 3.10. The molecule has 8 heteroatoms. The van der Waals surface area contributed by atoms with Gasteiger partial charge in [0.05, 0.1) is 18.8 Å². The minimum absolute atomic E-state index is 0.135. The van der Waals surface area contributed by atoms with E-state index < -0.39 is 18.2 Å². The average Bonchev–Trinajstić information content (AvgIpc) is 3.06. The van der Waals surface area contributed by atoms with Crippen molar-refractivity contribution in [1.29, 1.82) is 0 Å². The number of fused-ring (bicyclic) bond motifs is 1. The van der Waals surface area contributed by atoms with Crippen molar-refractivity contribution in [2.45, 2.75) is 13.2 Å². The molecule has 4 aromatic rings. The minimum atomic E-state index is -0.459. The zero-order chi connectivity index (χ0) is 19.8. The second-order valence-corrected chi connectivity index (χ2v) is 6.66.